The number of hydrogen-bond acceptors (Lipinski definition) is 6. The summed E-state index contributed by atoms with van der Waals surface area (Å²) in [5.41, 5.74) is 5.88. The maximum Gasteiger partial charge on any atom is 0.290 e. The van der Waals surface area contributed by atoms with Gasteiger partial charge in [-0.05, 0) is 86.1 Å². The van der Waals surface area contributed by atoms with Gasteiger partial charge in [-0.2, -0.15) is 13.7 Å². The molecule has 0 bridgehead atoms. The Morgan fingerprint density at radius 1 is 0.878 bits per heavy atom. The first-order valence-electron chi connectivity index (χ1n) is 16.7. The Kier molecular flexibility index (Phi) is 10.8. The molecule has 2 saturated heterocycles. The Labute approximate surface area is 290 Å². The van der Waals surface area contributed by atoms with Gasteiger partial charge in [0.05, 0.1) is 16.9 Å². The fourth-order valence-corrected chi connectivity index (χ4v) is 8.33. The van der Waals surface area contributed by atoms with E-state index < -0.39 is 20.7 Å². The standard InChI is InChI=1S/C37H46FN7O3S/c1-26-22-27(2)31(24-30(26)23-28-14-16-43(17-15-28)33-12-8-7-10-29(33)25-39)36(46)45-20-18-44(19-21-45)34-13-9-11-32(38)35(34)49(47,48)40-37(41(3)4)42(5)6/h7-13,22,24,28H,14-21,23H2,1-6H3. The van der Waals surface area contributed by atoms with Crippen molar-refractivity contribution in [3.05, 3.63) is 88.2 Å². The van der Waals surface area contributed by atoms with E-state index in [2.05, 4.69) is 34.4 Å². The molecule has 1 amide bonds. The molecular weight excluding hydrogens is 642 g/mol. The van der Waals surface area contributed by atoms with Gasteiger partial charge in [0.1, 0.15) is 16.8 Å². The van der Waals surface area contributed by atoms with E-state index in [1.54, 1.807) is 49.0 Å². The summed E-state index contributed by atoms with van der Waals surface area (Å²) in [6.07, 6.45) is 2.90. The molecule has 0 unspecified atom stereocenters. The Morgan fingerprint density at radius 2 is 1.49 bits per heavy atom. The SMILES string of the molecule is Cc1cc(C)c(C(=O)N2CCN(c3cccc(F)c3S(=O)(=O)N=C(N(C)C)N(C)C)CC2)cc1CC1CCN(c2ccccc2C#N)CC1. The highest BCUT2D eigenvalue weighted by atomic mass is 32.2. The molecule has 0 aliphatic carbocycles. The van der Waals surface area contributed by atoms with Crippen LogP contribution in [0.2, 0.25) is 0 Å². The Hall–Kier alpha value is -4.63. The predicted molar refractivity (Wildman–Crippen MR) is 192 cm³/mol. The number of anilines is 2. The number of nitrogens with zero attached hydrogens (tertiary/aromatic N) is 7. The molecule has 2 heterocycles. The van der Waals surface area contributed by atoms with E-state index in [4.69, 9.17) is 0 Å². The van der Waals surface area contributed by atoms with Crippen LogP contribution in [0.4, 0.5) is 15.8 Å². The molecule has 0 atom stereocenters. The van der Waals surface area contributed by atoms with Gasteiger partial charge in [0.25, 0.3) is 15.9 Å². The van der Waals surface area contributed by atoms with Crippen LogP contribution < -0.4 is 9.80 Å². The van der Waals surface area contributed by atoms with Crippen molar-refractivity contribution in [2.45, 2.75) is 38.0 Å². The molecule has 12 heteroatoms. The normalized spacial score (nSPS) is 15.5. The second-order valence-electron chi connectivity index (χ2n) is 13.4. The van der Waals surface area contributed by atoms with Crippen molar-refractivity contribution in [1.29, 1.82) is 5.26 Å². The van der Waals surface area contributed by atoms with Gasteiger partial charge in [0.2, 0.25) is 5.96 Å². The highest BCUT2D eigenvalue weighted by molar-refractivity contribution is 7.90. The number of benzene rings is 3. The van der Waals surface area contributed by atoms with E-state index in [-0.39, 0.29) is 17.6 Å². The topological polar surface area (TPSA) is 104 Å². The van der Waals surface area contributed by atoms with Crippen molar-refractivity contribution in [2.75, 3.05) is 77.3 Å². The van der Waals surface area contributed by atoms with Crippen LogP contribution in [0.15, 0.2) is 63.9 Å². The van der Waals surface area contributed by atoms with Crippen LogP contribution in [0, 0.1) is 36.9 Å². The quantitative estimate of drug-likeness (QED) is 0.255. The van der Waals surface area contributed by atoms with Gasteiger partial charge in [-0.3, -0.25) is 4.79 Å². The fraction of sp³-hybridized carbons (Fsp3) is 0.432. The second-order valence-corrected chi connectivity index (χ2v) is 14.9. The molecule has 260 valence electrons. The van der Waals surface area contributed by atoms with Crippen molar-refractivity contribution in [2.24, 2.45) is 10.3 Å². The van der Waals surface area contributed by atoms with Gasteiger partial charge in [0, 0.05) is 73.0 Å². The molecule has 0 saturated carbocycles. The van der Waals surface area contributed by atoms with Gasteiger partial charge in [-0.25, -0.2) is 4.39 Å². The number of para-hydroxylation sites is 1. The summed E-state index contributed by atoms with van der Waals surface area (Å²) in [7, 11) is 2.31. The summed E-state index contributed by atoms with van der Waals surface area (Å²) in [4.78, 5) is 22.5. The molecule has 10 nitrogen and oxygen atoms in total. The largest absolute Gasteiger partial charge is 0.370 e. The zero-order chi connectivity index (χ0) is 35.5. The van der Waals surface area contributed by atoms with Crippen molar-refractivity contribution in [3.8, 4) is 6.07 Å². The average molecular weight is 688 g/mol. The van der Waals surface area contributed by atoms with Crippen molar-refractivity contribution < 1.29 is 17.6 Å². The summed E-state index contributed by atoms with van der Waals surface area (Å²) in [6.45, 7) is 7.26. The number of sulfonamides is 1. The van der Waals surface area contributed by atoms with Crippen LogP contribution in [0.5, 0.6) is 0 Å². The highest BCUT2D eigenvalue weighted by Gasteiger charge is 2.31. The van der Waals surface area contributed by atoms with E-state index in [1.165, 1.54) is 17.2 Å². The van der Waals surface area contributed by atoms with Crippen molar-refractivity contribution in [1.82, 2.24) is 14.7 Å². The maximum absolute atomic E-state index is 15.2. The van der Waals surface area contributed by atoms with Gasteiger partial charge in [-0.1, -0.05) is 24.3 Å². The predicted octanol–water partition coefficient (Wildman–Crippen LogP) is 4.90. The lowest BCUT2D eigenvalue weighted by atomic mass is 9.86. The van der Waals surface area contributed by atoms with Gasteiger partial charge < -0.3 is 24.5 Å². The van der Waals surface area contributed by atoms with Crippen LogP contribution >= 0.6 is 0 Å². The molecule has 2 aliphatic heterocycles. The Morgan fingerprint density at radius 3 is 2.12 bits per heavy atom. The third-order valence-electron chi connectivity index (χ3n) is 9.52. The first-order chi connectivity index (χ1) is 23.3. The lowest BCUT2D eigenvalue weighted by molar-refractivity contribution is 0.0745. The first-order valence-corrected chi connectivity index (χ1v) is 18.1. The molecule has 2 aliphatic rings. The smallest absolute Gasteiger partial charge is 0.290 e. The number of piperazine rings is 1. The molecular formula is C37H46FN7O3S. The van der Waals surface area contributed by atoms with E-state index in [0.717, 1.165) is 49.7 Å². The Balaban J connectivity index is 1.27. The minimum absolute atomic E-state index is 0.0559. The highest BCUT2D eigenvalue weighted by Crippen LogP contribution is 2.32. The lowest BCUT2D eigenvalue weighted by Gasteiger charge is -2.37. The van der Waals surface area contributed by atoms with Gasteiger partial charge in [0.15, 0.2) is 0 Å². The van der Waals surface area contributed by atoms with E-state index in [9.17, 15) is 18.5 Å². The summed E-state index contributed by atoms with van der Waals surface area (Å²) in [5, 5.41) is 9.53. The maximum atomic E-state index is 15.2. The van der Waals surface area contributed by atoms with Crippen LogP contribution in [0.3, 0.4) is 0 Å². The van der Waals surface area contributed by atoms with Crippen LogP contribution in [0.25, 0.3) is 0 Å². The molecule has 3 aromatic carbocycles. The first kappa shape index (κ1) is 35.7. The van der Waals surface area contributed by atoms with E-state index in [1.807, 2.05) is 36.1 Å². The van der Waals surface area contributed by atoms with Crippen LogP contribution in [0.1, 0.15) is 45.5 Å². The number of carbonyl (C=O) groups is 1. The lowest BCUT2D eigenvalue weighted by Crippen LogP contribution is -2.49. The minimum Gasteiger partial charge on any atom is -0.370 e. The van der Waals surface area contributed by atoms with Gasteiger partial charge in [-0.15, -0.1) is 4.40 Å². The summed E-state index contributed by atoms with van der Waals surface area (Å²) in [6, 6.07) is 18.4. The van der Waals surface area contributed by atoms with E-state index >= 15 is 4.39 Å². The van der Waals surface area contributed by atoms with Gasteiger partial charge >= 0.3 is 0 Å². The number of rotatable bonds is 7. The number of hydrogen-bond donors (Lipinski definition) is 0. The monoisotopic (exact) mass is 687 g/mol. The second kappa shape index (κ2) is 14.9. The third kappa shape index (κ3) is 7.83. The van der Waals surface area contributed by atoms with E-state index in [0.29, 0.717) is 43.2 Å². The zero-order valence-corrected chi connectivity index (χ0v) is 30.1. The van der Waals surface area contributed by atoms with Crippen molar-refractivity contribution >= 4 is 33.3 Å². The Bertz CT molecular complexity index is 1860. The minimum atomic E-state index is -4.39. The number of halogens is 1. The molecule has 0 N–H and O–H groups in total. The zero-order valence-electron chi connectivity index (χ0n) is 29.3. The van der Waals surface area contributed by atoms with Crippen LogP contribution in [-0.2, 0) is 16.4 Å². The number of guanidine groups is 1. The molecule has 49 heavy (non-hydrogen) atoms. The van der Waals surface area contributed by atoms with Crippen molar-refractivity contribution in [3.63, 3.8) is 0 Å². The van der Waals surface area contributed by atoms with Crippen LogP contribution in [-0.4, -0.2) is 102 Å². The number of piperidine rings is 1. The molecule has 5 rings (SSSR count). The average Bonchev–Trinajstić information content (AvgIpc) is 3.08. The fourth-order valence-electron chi connectivity index (χ4n) is 6.92. The number of aryl methyl sites for hydroxylation is 2. The molecule has 3 aromatic rings. The molecule has 2 fully saturated rings. The number of carbonyl (C=O) groups excluding carboxylic acids is 1. The molecule has 0 radical (unpaired) electrons. The molecule has 0 spiro atoms. The molecule has 0 aromatic heterocycles. The number of amides is 1. The summed E-state index contributed by atoms with van der Waals surface area (Å²) >= 11 is 0. The number of nitriles is 1. The third-order valence-corrected chi connectivity index (χ3v) is 10.8. The summed E-state index contributed by atoms with van der Waals surface area (Å²) in [5.74, 6) is -0.271. The summed E-state index contributed by atoms with van der Waals surface area (Å²) < 4.78 is 46.1.